The molecule has 120 valence electrons. The fraction of sp³-hybridized carbons (Fsp3) is 0.462. The van der Waals surface area contributed by atoms with E-state index in [1.54, 1.807) is 13.0 Å². The van der Waals surface area contributed by atoms with Crippen molar-refractivity contribution in [2.24, 2.45) is 5.73 Å². The van der Waals surface area contributed by atoms with E-state index in [9.17, 15) is 18.0 Å². The summed E-state index contributed by atoms with van der Waals surface area (Å²) in [7, 11) is 0. The van der Waals surface area contributed by atoms with Crippen LogP contribution in [0.3, 0.4) is 0 Å². The second kappa shape index (κ2) is 8.74. The highest BCUT2D eigenvalue weighted by Crippen LogP contribution is 2.28. The molecule has 0 unspecified atom stereocenters. The van der Waals surface area contributed by atoms with E-state index in [1.807, 2.05) is 0 Å². The lowest BCUT2D eigenvalue weighted by atomic mass is 10.2. The van der Waals surface area contributed by atoms with E-state index in [0.29, 0.717) is 13.0 Å². The van der Waals surface area contributed by atoms with Crippen LogP contribution in [0.2, 0.25) is 0 Å². The Balaban J connectivity index is 0.00000400. The molecule has 0 aromatic heterocycles. The largest absolute Gasteiger partial charge is 0.482 e. The highest BCUT2D eigenvalue weighted by Gasteiger charge is 2.29. The summed E-state index contributed by atoms with van der Waals surface area (Å²) in [5.41, 5.74) is 6.25. The monoisotopic (exact) mass is 326 g/mol. The molecule has 0 saturated carbocycles. The molecule has 0 spiro atoms. The smallest absolute Gasteiger partial charge is 0.422 e. The predicted octanol–water partition coefficient (Wildman–Crippen LogP) is 3.04. The van der Waals surface area contributed by atoms with E-state index in [0.717, 1.165) is 5.56 Å². The Hall–Kier alpha value is -1.47. The molecule has 0 fully saturated rings. The molecule has 1 amide bonds. The zero-order chi connectivity index (χ0) is 15.2. The van der Waals surface area contributed by atoms with Gasteiger partial charge < -0.3 is 15.8 Å². The van der Waals surface area contributed by atoms with Crippen molar-refractivity contribution >= 4 is 24.0 Å². The summed E-state index contributed by atoms with van der Waals surface area (Å²) in [6.07, 6.45) is -3.70. The van der Waals surface area contributed by atoms with Gasteiger partial charge in [-0.25, -0.2) is 0 Å². The van der Waals surface area contributed by atoms with Crippen LogP contribution in [-0.4, -0.2) is 25.2 Å². The average Bonchev–Trinajstić information content (AvgIpc) is 2.35. The first kappa shape index (κ1) is 19.5. The molecule has 0 atom stereocenters. The molecule has 0 aliphatic rings. The second-order valence-corrected chi connectivity index (χ2v) is 4.34. The number of rotatable bonds is 6. The zero-order valence-electron chi connectivity index (χ0n) is 11.5. The summed E-state index contributed by atoms with van der Waals surface area (Å²) < 4.78 is 41.3. The van der Waals surface area contributed by atoms with Crippen molar-refractivity contribution in [3.8, 4) is 5.75 Å². The van der Waals surface area contributed by atoms with Crippen molar-refractivity contribution in [2.75, 3.05) is 18.5 Å². The van der Waals surface area contributed by atoms with E-state index in [1.165, 1.54) is 12.1 Å². The number of nitrogens with two attached hydrogens (primary N) is 1. The molecule has 4 nitrogen and oxygen atoms in total. The number of alkyl halides is 3. The highest BCUT2D eigenvalue weighted by molar-refractivity contribution is 5.92. The molecule has 8 heteroatoms. The van der Waals surface area contributed by atoms with E-state index in [4.69, 9.17) is 10.5 Å². The van der Waals surface area contributed by atoms with Gasteiger partial charge in [-0.15, -0.1) is 12.4 Å². The van der Waals surface area contributed by atoms with Crippen LogP contribution in [0.1, 0.15) is 18.4 Å². The summed E-state index contributed by atoms with van der Waals surface area (Å²) >= 11 is 0. The minimum absolute atomic E-state index is 0. The van der Waals surface area contributed by atoms with Crippen LogP contribution in [0.15, 0.2) is 18.2 Å². The molecule has 1 rings (SSSR count). The van der Waals surface area contributed by atoms with Crippen LogP contribution < -0.4 is 15.8 Å². The van der Waals surface area contributed by atoms with Crippen LogP contribution in [0.25, 0.3) is 0 Å². The molecule has 0 bridgehead atoms. The Kier molecular flexibility index (Phi) is 8.12. The van der Waals surface area contributed by atoms with Crippen molar-refractivity contribution in [1.82, 2.24) is 0 Å². The first-order valence-electron chi connectivity index (χ1n) is 6.12. The summed E-state index contributed by atoms with van der Waals surface area (Å²) in [4.78, 5) is 11.6. The molecule has 0 radical (unpaired) electrons. The van der Waals surface area contributed by atoms with Crippen molar-refractivity contribution in [1.29, 1.82) is 0 Å². The highest BCUT2D eigenvalue weighted by atomic mass is 35.5. The van der Waals surface area contributed by atoms with Gasteiger partial charge in [-0.3, -0.25) is 4.79 Å². The Labute approximate surface area is 127 Å². The lowest BCUT2D eigenvalue weighted by Gasteiger charge is -2.14. The van der Waals surface area contributed by atoms with Gasteiger partial charge in [-0.1, -0.05) is 6.07 Å². The van der Waals surface area contributed by atoms with Gasteiger partial charge in [0.1, 0.15) is 5.75 Å². The summed E-state index contributed by atoms with van der Waals surface area (Å²) in [6.45, 7) is 0.696. The normalized spacial score (nSPS) is 10.7. The summed E-state index contributed by atoms with van der Waals surface area (Å²) in [5, 5.41) is 2.52. The summed E-state index contributed by atoms with van der Waals surface area (Å²) in [5.74, 6) is -0.306. The number of anilines is 1. The molecular formula is C13H18ClF3N2O2. The van der Waals surface area contributed by atoms with Gasteiger partial charge in [-0.2, -0.15) is 13.2 Å². The number of nitrogens with one attached hydrogen (secondary N) is 1. The number of amides is 1. The number of halogens is 4. The van der Waals surface area contributed by atoms with Crippen molar-refractivity contribution in [2.45, 2.75) is 25.9 Å². The Morgan fingerprint density at radius 3 is 2.62 bits per heavy atom. The lowest BCUT2D eigenvalue weighted by Crippen LogP contribution is -2.20. The molecule has 0 heterocycles. The third kappa shape index (κ3) is 7.77. The Morgan fingerprint density at radius 2 is 2.05 bits per heavy atom. The van der Waals surface area contributed by atoms with Gasteiger partial charge in [0.05, 0.1) is 5.69 Å². The predicted molar refractivity (Wildman–Crippen MR) is 76.9 cm³/mol. The minimum Gasteiger partial charge on any atom is -0.482 e. The Bertz CT molecular complexity index is 467. The van der Waals surface area contributed by atoms with Crippen LogP contribution >= 0.6 is 12.4 Å². The number of aryl methyl sites for hydroxylation is 1. The number of carbonyl (C=O) groups is 1. The van der Waals surface area contributed by atoms with E-state index in [2.05, 4.69) is 5.32 Å². The molecule has 1 aromatic rings. The fourth-order valence-electron chi connectivity index (χ4n) is 1.49. The topological polar surface area (TPSA) is 64.4 Å². The molecule has 21 heavy (non-hydrogen) atoms. The minimum atomic E-state index is -4.43. The van der Waals surface area contributed by atoms with Crippen molar-refractivity contribution in [3.63, 3.8) is 0 Å². The van der Waals surface area contributed by atoms with E-state index < -0.39 is 12.8 Å². The summed E-state index contributed by atoms with van der Waals surface area (Å²) in [6, 6.07) is 4.64. The lowest BCUT2D eigenvalue weighted by molar-refractivity contribution is -0.153. The zero-order valence-corrected chi connectivity index (χ0v) is 12.3. The number of hydrogen-bond acceptors (Lipinski definition) is 3. The molecule has 1 aromatic carbocycles. The number of benzene rings is 1. The maximum Gasteiger partial charge on any atom is 0.422 e. The first-order valence-corrected chi connectivity index (χ1v) is 6.12. The average molecular weight is 327 g/mol. The number of hydrogen-bond donors (Lipinski definition) is 2. The van der Waals surface area contributed by atoms with Gasteiger partial charge in [-0.05, 0) is 37.6 Å². The standard InChI is InChI=1S/C13H17F3N2O2.ClH/c1-9-4-5-10(18-12(19)3-2-6-17)11(7-9)20-8-13(14,15)16;/h4-5,7H,2-3,6,8,17H2,1H3,(H,18,19);1H. The third-order valence-corrected chi connectivity index (χ3v) is 2.41. The fourth-order valence-corrected chi connectivity index (χ4v) is 1.49. The Morgan fingerprint density at radius 1 is 1.38 bits per heavy atom. The van der Waals surface area contributed by atoms with Gasteiger partial charge in [0.15, 0.2) is 6.61 Å². The van der Waals surface area contributed by atoms with Gasteiger partial charge in [0.25, 0.3) is 0 Å². The second-order valence-electron chi connectivity index (χ2n) is 4.34. The molecule has 0 aliphatic heterocycles. The van der Waals surface area contributed by atoms with Crippen molar-refractivity contribution < 1.29 is 22.7 Å². The first-order chi connectivity index (χ1) is 9.31. The van der Waals surface area contributed by atoms with Crippen LogP contribution in [0, 0.1) is 6.92 Å². The van der Waals surface area contributed by atoms with Crippen molar-refractivity contribution in [3.05, 3.63) is 23.8 Å². The molecule has 3 N–H and O–H groups in total. The van der Waals surface area contributed by atoms with Gasteiger partial charge >= 0.3 is 6.18 Å². The third-order valence-electron chi connectivity index (χ3n) is 2.41. The number of carbonyl (C=O) groups excluding carboxylic acids is 1. The maximum absolute atomic E-state index is 12.2. The maximum atomic E-state index is 12.2. The molecule has 0 aliphatic carbocycles. The van der Waals surface area contributed by atoms with Crippen LogP contribution in [-0.2, 0) is 4.79 Å². The number of ether oxygens (including phenoxy) is 1. The van der Waals surface area contributed by atoms with Gasteiger partial charge in [0, 0.05) is 6.42 Å². The van der Waals surface area contributed by atoms with E-state index in [-0.39, 0.29) is 36.2 Å². The molecule has 0 saturated heterocycles. The van der Waals surface area contributed by atoms with Gasteiger partial charge in [0.2, 0.25) is 5.91 Å². The van der Waals surface area contributed by atoms with Crippen LogP contribution in [0.4, 0.5) is 18.9 Å². The van der Waals surface area contributed by atoms with E-state index >= 15 is 0 Å². The van der Waals surface area contributed by atoms with Crippen LogP contribution in [0.5, 0.6) is 5.75 Å². The SMILES string of the molecule is Cc1ccc(NC(=O)CCCN)c(OCC(F)(F)F)c1.Cl. The molecular weight excluding hydrogens is 309 g/mol. The quantitative estimate of drug-likeness (QED) is 0.844.